The van der Waals surface area contributed by atoms with Gasteiger partial charge in [-0.25, -0.2) is 8.78 Å². The van der Waals surface area contributed by atoms with Gasteiger partial charge in [0.1, 0.15) is 0 Å². The first-order valence-electron chi connectivity index (χ1n) is 6.17. The second-order valence-electron chi connectivity index (χ2n) is 4.54. The molecule has 0 spiro atoms. The summed E-state index contributed by atoms with van der Waals surface area (Å²) in [5.41, 5.74) is 3.44. The van der Waals surface area contributed by atoms with Crippen LogP contribution in [0.15, 0.2) is 54.3 Å². The van der Waals surface area contributed by atoms with Crippen molar-refractivity contribution in [3.63, 3.8) is 0 Å². The van der Waals surface area contributed by atoms with Crippen molar-refractivity contribution >= 4 is 5.70 Å². The highest BCUT2D eigenvalue weighted by Crippen LogP contribution is 2.31. The van der Waals surface area contributed by atoms with Crippen LogP contribution in [0, 0.1) is 11.3 Å². The summed E-state index contributed by atoms with van der Waals surface area (Å²) in [5.74, 6) is 0. The number of nitriles is 1. The van der Waals surface area contributed by atoms with E-state index in [1.165, 1.54) is 4.90 Å². The fourth-order valence-corrected chi connectivity index (χ4v) is 2.06. The molecule has 1 heterocycles. The van der Waals surface area contributed by atoms with Crippen LogP contribution in [0.2, 0.25) is 0 Å². The van der Waals surface area contributed by atoms with Gasteiger partial charge in [0, 0.05) is 11.4 Å². The quantitative estimate of drug-likeness (QED) is 0.833. The molecule has 20 heavy (non-hydrogen) atoms. The van der Waals surface area contributed by atoms with E-state index in [4.69, 9.17) is 5.26 Å². The van der Waals surface area contributed by atoms with Crippen molar-refractivity contribution in [3.8, 4) is 6.07 Å². The number of hydrogen-bond donors (Lipinski definition) is 0. The van der Waals surface area contributed by atoms with E-state index < -0.39 is 13.0 Å². The summed E-state index contributed by atoms with van der Waals surface area (Å²) >= 11 is 0. The summed E-state index contributed by atoms with van der Waals surface area (Å²) in [4.78, 5) is 1.52. The van der Waals surface area contributed by atoms with Gasteiger partial charge in [-0.2, -0.15) is 5.26 Å². The van der Waals surface area contributed by atoms with E-state index in [2.05, 4.69) is 6.58 Å². The van der Waals surface area contributed by atoms with Gasteiger partial charge in [-0.05, 0) is 36.3 Å². The van der Waals surface area contributed by atoms with Crippen LogP contribution in [-0.2, 0) is 0 Å². The maximum Gasteiger partial charge on any atom is 0.256 e. The van der Waals surface area contributed by atoms with E-state index in [9.17, 15) is 8.78 Å². The highest BCUT2D eigenvalue weighted by Gasteiger charge is 2.22. The van der Waals surface area contributed by atoms with Crippen molar-refractivity contribution in [1.82, 2.24) is 4.90 Å². The van der Waals surface area contributed by atoms with E-state index >= 15 is 0 Å². The first-order valence-corrected chi connectivity index (χ1v) is 6.17. The van der Waals surface area contributed by atoms with Crippen LogP contribution >= 0.6 is 0 Å². The van der Waals surface area contributed by atoms with E-state index in [0.717, 1.165) is 11.1 Å². The number of nitrogens with zero attached hydrogens (tertiary/aromatic N) is 2. The van der Waals surface area contributed by atoms with E-state index in [0.29, 0.717) is 17.0 Å². The van der Waals surface area contributed by atoms with Crippen LogP contribution in [0.4, 0.5) is 8.78 Å². The molecule has 0 aromatic heterocycles. The normalized spacial score (nSPS) is 14.9. The summed E-state index contributed by atoms with van der Waals surface area (Å²) in [5, 5.41) is 8.79. The molecule has 0 saturated heterocycles. The van der Waals surface area contributed by atoms with Crippen LogP contribution in [-0.4, -0.2) is 17.9 Å². The summed E-state index contributed by atoms with van der Waals surface area (Å²) in [6, 6.07) is 8.89. The Balaban J connectivity index is 2.39. The van der Waals surface area contributed by atoms with E-state index in [1.807, 2.05) is 19.1 Å². The second kappa shape index (κ2) is 5.70. The van der Waals surface area contributed by atoms with Gasteiger partial charge in [-0.1, -0.05) is 24.8 Å². The SMILES string of the molecule is C=C1C(C)=CC=C(c2ccc(C#N)cc2)N1CC(F)F. The minimum absolute atomic E-state index is 0.393. The second-order valence-corrected chi connectivity index (χ2v) is 4.54. The molecule has 2 nitrogen and oxygen atoms in total. The minimum atomic E-state index is -2.44. The minimum Gasteiger partial charge on any atom is -0.336 e. The molecule has 1 aromatic rings. The monoisotopic (exact) mass is 272 g/mol. The first-order chi connectivity index (χ1) is 9.52. The number of rotatable bonds is 3. The Morgan fingerprint density at radius 2 is 1.90 bits per heavy atom. The number of benzene rings is 1. The molecule has 0 unspecified atom stereocenters. The van der Waals surface area contributed by atoms with Crippen LogP contribution in [0.25, 0.3) is 5.70 Å². The molecule has 102 valence electrons. The average Bonchev–Trinajstić information content (AvgIpc) is 2.44. The van der Waals surface area contributed by atoms with Crippen LogP contribution < -0.4 is 0 Å². The average molecular weight is 272 g/mol. The van der Waals surface area contributed by atoms with Crippen molar-refractivity contribution in [2.24, 2.45) is 0 Å². The Morgan fingerprint density at radius 1 is 1.25 bits per heavy atom. The lowest BCUT2D eigenvalue weighted by atomic mass is 10.0. The molecule has 4 heteroatoms. The molecule has 0 bridgehead atoms. The summed E-state index contributed by atoms with van der Waals surface area (Å²) < 4.78 is 25.5. The van der Waals surface area contributed by atoms with Crippen molar-refractivity contribution < 1.29 is 8.78 Å². The Labute approximate surface area is 116 Å². The largest absolute Gasteiger partial charge is 0.336 e. The lowest BCUT2D eigenvalue weighted by molar-refractivity contribution is 0.123. The fourth-order valence-electron chi connectivity index (χ4n) is 2.06. The maximum absolute atomic E-state index is 12.8. The van der Waals surface area contributed by atoms with Gasteiger partial charge in [-0.3, -0.25) is 0 Å². The molecule has 0 radical (unpaired) electrons. The summed E-state index contributed by atoms with van der Waals surface area (Å²) in [7, 11) is 0. The molecule has 0 aliphatic carbocycles. The van der Waals surface area contributed by atoms with E-state index in [-0.39, 0.29) is 0 Å². The predicted octanol–water partition coefficient (Wildman–Crippen LogP) is 3.94. The van der Waals surface area contributed by atoms with Crippen LogP contribution in [0.3, 0.4) is 0 Å². The Bertz CT molecular complexity index is 619. The van der Waals surface area contributed by atoms with Gasteiger partial charge < -0.3 is 4.90 Å². The molecule has 1 aliphatic rings. The Morgan fingerprint density at radius 3 is 2.45 bits per heavy atom. The molecular weight excluding hydrogens is 258 g/mol. The highest BCUT2D eigenvalue weighted by atomic mass is 19.3. The van der Waals surface area contributed by atoms with Crippen molar-refractivity contribution in [2.45, 2.75) is 13.3 Å². The molecule has 1 aliphatic heterocycles. The predicted molar refractivity (Wildman–Crippen MR) is 74.7 cm³/mol. The third-order valence-electron chi connectivity index (χ3n) is 3.19. The standard InChI is InChI=1S/C16H14F2N2/c1-11-3-8-15(20(12(11)2)10-16(17)18)14-6-4-13(9-19)5-7-14/h3-8,16H,2,10H2,1H3. The fraction of sp³-hybridized carbons (Fsp3) is 0.188. The van der Waals surface area contributed by atoms with Crippen molar-refractivity contribution in [1.29, 1.82) is 5.26 Å². The third kappa shape index (κ3) is 2.77. The molecule has 1 aromatic carbocycles. The van der Waals surface area contributed by atoms with Crippen molar-refractivity contribution in [3.05, 3.63) is 65.4 Å². The van der Waals surface area contributed by atoms with Crippen molar-refractivity contribution in [2.75, 3.05) is 6.54 Å². The van der Waals surface area contributed by atoms with Gasteiger partial charge in [-0.15, -0.1) is 0 Å². The van der Waals surface area contributed by atoms with E-state index in [1.54, 1.807) is 30.3 Å². The highest BCUT2D eigenvalue weighted by molar-refractivity contribution is 5.71. The summed E-state index contributed by atoms with van der Waals surface area (Å²) in [6.45, 7) is 5.32. The number of alkyl halides is 2. The van der Waals surface area contributed by atoms with Crippen LogP contribution in [0.1, 0.15) is 18.1 Å². The van der Waals surface area contributed by atoms with Gasteiger partial charge in [0.05, 0.1) is 18.2 Å². The number of allylic oxidation sites excluding steroid dienone is 3. The molecular formula is C16H14F2N2. The lowest BCUT2D eigenvalue weighted by Gasteiger charge is -2.32. The number of hydrogen-bond acceptors (Lipinski definition) is 2. The molecule has 0 amide bonds. The molecule has 0 fully saturated rings. The molecule has 0 N–H and O–H groups in total. The Hall–Kier alpha value is -2.41. The Kier molecular flexibility index (Phi) is 3.99. The molecule has 2 rings (SSSR count). The van der Waals surface area contributed by atoms with Gasteiger partial charge in [0.2, 0.25) is 0 Å². The lowest BCUT2D eigenvalue weighted by Crippen LogP contribution is -2.28. The third-order valence-corrected chi connectivity index (χ3v) is 3.19. The zero-order valence-electron chi connectivity index (χ0n) is 11.1. The van der Waals surface area contributed by atoms with Crippen LogP contribution in [0.5, 0.6) is 0 Å². The molecule has 0 atom stereocenters. The maximum atomic E-state index is 12.8. The molecule has 0 saturated carbocycles. The zero-order valence-corrected chi connectivity index (χ0v) is 11.1. The van der Waals surface area contributed by atoms with Gasteiger partial charge >= 0.3 is 0 Å². The zero-order chi connectivity index (χ0) is 14.7. The van der Waals surface area contributed by atoms with Gasteiger partial charge in [0.15, 0.2) is 0 Å². The number of halogens is 2. The summed E-state index contributed by atoms with van der Waals surface area (Å²) in [6.07, 6.45) is 1.21. The van der Waals surface area contributed by atoms with Gasteiger partial charge in [0.25, 0.3) is 6.43 Å². The smallest absolute Gasteiger partial charge is 0.256 e. The topological polar surface area (TPSA) is 27.0 Å². The first kappa shape index (κ1) is 14.0.